The van der Waals surface area contributed by atoms with Crippen LogP contribution in [0.25, 0.3) is 0 Å². The van der Waals surface area contributed by atoms with Crippen molar-refractivity contribution in [3.05, 3.63) is 16.1 Å². The first kappa shape index (κ1) is 12.7. The van der Waals surface area contributed by atoms with Gasteiger partial charge < -0.3 is 5.32 Å². The van der Waals surface area contributed by atoms with Crippen molar-refractivity contribution in [3.63, 3.8) is 0 Å². The third-order valence-corrected chi connectivity index (χ3v) is 3.87. The maximum Gasteiger partial charge on any atom is 0.0956 e. The first-order valence-corrected chi connectivity index (χ1v) is 6.73. The minimum Gasteiger partial charge on any atom is -0.316 e. The zero-order chi connectivity index (χ0) is 11.3. The van der Waals surface area contributed by atoms with E-state index in [0.29, 0.717) is 11.8 Å². The fraction of sp³-hybridized carbons (Fsp3) is 0.750. The summed E-state index contributed by atoms with van der Waals surface area (Å²) < 4.78 is 0. The van der Waals surface area contributed by atoms with Crippen LogP contribution in [0.3, 0.4) is 0 Å². The van der Waals surface area contributed by atoms with Crippen molar-refractivity contribution >= 4 is 11.3 Å². The quantitative estimate of drug-likeness (QED) is 0.804. The lowest BCUT2D eigenvalue weighted by molar-refractivity contribution is 0.620. The molecule has 15 heavy (non-hydrogen) atoms. The zero-order valence-corrected chi connectivity index (χ0v) is 11.0. The number of nitrogens with zero attached hydrogens (tertiary/aromatic N) is 1. The number of hydrogen-bond donors (Lipinski definition) is 1. The fourth-order valence-corrected chi connectivity index (χ4v) is 2.48. The van der Waals surface area contributed by atoms with Crippen molar-refractivity contribution in [3.8, 4) is 0 Å². The molecule has 2 atom stereocenters. The predicted molar refractivity (Wildman–Crippen MR) is 67.8 cm³/mol. The Bertz CT molecular complexity index is 283. The SMILES string of the molecule is CCNCC(C)c1csc(C(C)CC)n1. The van der Waals surface area contributed by atoms with Gasteiger partial charge in [-0.25, -0.2) is 4.98 Å². The second kappa shape index (κ2) is 6.23. The van der Waals surface area contributed by atoms with Gasteiger partial charge in [0.1, 0.15) is 0 Å². The molecular weight excluding hydrogens is 204 g/mol. The minimum absolute atomic E-state index is 0.527. The Hall–Kier alpha value is -0.410. The molecule has 0 spiro atoms. The Morgan fingerprint density at radius 3 is 2.67 bits per heavy atom. The molecule has 2 unspecified atom stereocenters. The lowest BCUT2D eigenvalue weighted by Gasteiger charge is -2.08. The van der Waals surface area contributed by atoms with E-state index in [1.54, 1.807) is 11.3 Å². The smallest absolute Gasteiger partial charge is 0.0956 e. The molecule has 1 heterocycles. The second-order valence-electron chi connectivity index (χ2n) is 4.13. The van der Waals surface area contributed by atoms with Gasteiger partial charge in [-0.05, 0) is 13.0 Å². The lowest BCUT2D eigenvalue weighted by atomic mass is 10.1. The van der Waals surface area contributed by atoms with Crippen LogP contribution in [0.1, 0.15) is 56.7 Å². The van der Waals surface area contributed by atoms with Gasteiger partial charge in [-0.3, -0.25) is 0 Å². The summed E-state index contributed by atoms with van der Waals surface area (Å²) in [7, 11) is 0. The van der Waals surface area contributed by atoms with Crippen LogP contribution in [-0.2, 0) is 0 Å². The molecule has 0 aromatic carbocycles. The van der Waals surface area contributed by atoms with Gasteiger partial charge in [0, 0.05) is 23.8 Å². The third kappa shape index (κ3) is 3.58. The molecule has 0 radical (unpaired) electrons. The van der Waals surface area contributed by atoms with E-state index in [1.165, 1.54) is 17.1 Å². The summed E-state index contributed by atoms with van der Waals surface area (Å²) in [6.45, 7) is 10.9. The van der Waals surface area contributed by atoms with E-state index in [-0.39, 0.29) is 0 Å². The van der Waals surface area contributed by atoms with Crippen LogP contribution in [0.5, 0.6) is 0 Å². The molecule has 3 heteroatoms. The van der Waals surface area contributed by atoms with Gasteiger partial charge >= 0.3 is 0 Å². The monoisotopic (exact) mass is 226 g/mol. The van der Waals surface area contributed by atoms with E-state index >= 15 is 0 Å². The Morgan fingerprint density at radius 2 is 2.07 bits per heavy atom. The number of hydrogen-bond acceptors (Lipinski definition) is 3. The maximum absolute atomic E-state index is 4.71. The van der Waals surface area contributed by atoms with E-state index in [2.05, 4.69) is 38.4 Å². The normalized spacial score (nSPS) is 15.2. The average molecular weight is 226 g/mol. The largest absolute Gasteiger partial charge is 0.316 e. The molecule has 1 aromatic heterocycles. The molecule has 1 N–H and O–H groups in total. The predicted octanol–water partition coefficient (Wildman–Crippen LogP) is 3.37. The number of nitrogens with one attached hydrogen (secondary N) is 1. The molecule has 1 aromatic rings. The van der Waals surface area contributed by atoms with E-state index in [4.69, 9.17) is 4.98 Å². The number of rotatable bonds is 6. The average Bonchev–Trinajstić information content (AvgIpc) is 2.74. The Morgan fingerprint density at radius 1 is 1.33 bits per heavy atom. The fourth-order valence-electron chi connectivity index (χ4n) is 1.39. The molecule has 86 valence electrons. The summed E-state index contributed by atoms with van der Waals surface area (Å²) in [5.41, 5.74) is 1.25. The summed E-state index contributed by atoms with van der Waals surface area (Å²) in [6.07, 6.45) is 1.18. The van der Waals surface area contributed by atoms with Gasteiger partial charge in [0.25, 0.3) is 0 Å². The van der Waals surface area contributed by atoms with Gasteiger partial charge in [-0.1, -0.05) is 27.7 Å². The summed E-state index contributed by atoms with van der Waals surface area (Å²) in [5, 5.41) is 6.86. The van der Waals surface area contributed by atoms with Crippen molar-refractivity contribution in [1.29, 1.82) is 0 Å². The molecule has 0 saturated carbocycles. The highest BCUT2D eigenvalue weighted by atomic mass is 32.1. The van der Waals surface area contributed by atoms with Gasteiger partial charge in [0.2, 0.25) is 0 Å². The molecule has 2 nitrogen and oxygen atoms in total. The van der Waals surface area contributed by atoms with Crippen molar-refractivity contribution in [2.45, 2.75) is 46.0 Å². The lowest BCUT2D eigenvalue weighted by Crippen LogP contribution is -2.19. The van der Waals surface area contributed by atoms with Gasteiger partial charge in [0.15, 0.2) is 0 Å². The molecule has 1 rings (SSSR count). The van der Waals surface area contributed by atoms with Crippen LogP contribution in [0.15, 0.2) is 5.38 Å². The Balaban J connectivity index is 2.58. The van der Waals surface area contributed by atoms with Crippen LogP contribution in [-0.4, -0.2) is 18.1 Å². The van der Waals surface area contributed by atoms with Crippen LogP contribution < -0.4 is 5.32 Å². The molecule has 0 fully saturated rings. The molecule has 0 aliphatic rings. The highest BCUT2D eigenvalue weighted by Gasteiger charge is 2.12. The molecule has 0 bridgehead atoms. The van der Waals surface area contributed by atoms with E-state index < -0.39 is 0 Å². The van der Waals surface area contributed by atoms with Crippen molar-refractivity contribution in [2.75, 3.05) is 13.1 Å². The summed E-state index contributed by atoms with van der Waals surface area (Å²) in [4.78, 5) is 4.71. The molecule has 0 aliphatic heterocycles. The van der Waals surface area contributed by atoms with Crippen LogP contribution in [0, 0.1) is 0 Å². The van der Waals surface area contributed by atoms with Crippen LogP contribution in [0.4, 0.5) is 0 Å². The molecule has 0 aliphatic carbocycles. The standard InChI is InChI=1S/C12H22N2S/c1-5-9(3)12-14-11(8-15-12)10(4)7-13-6-2/h8-10,13H,5-7H2,1-4H3. The molecule has 0 saturated heterocycles. The molecule has 0 amide bonds. The molecular formula is C12H22N2S. The number of aromatic nitrogens is 1. The highest BCUT2D eigenvalue weighted by Crippen LogP contribution is 2.25. The topological polar surface area (TPSA) is 24.9 Å². The van der Waals surface area contributed by atoms with Gasteiger partial charge in [-0.15, -0.1) is 11.3 Å². The highest BCUT2D eigenvalue weighted by molar-refractivity contribution is 7.09. The number of likely N-dealkylation sites (N-methyl/N-ethyl adjacent to an activating group) is 1. The van der Waals surface area contributed by atoms with Crippen molar-refractivity contribution < 1.29 is 0 Å². The Labute approximate surface area is 97.1 Å². The van der Waals surface area contributed by atoms with Gasteiger partial charge in [-0.2, -0.15) is 0 Å². The van der Waals surface area contributed by atoms with Crippen molar-refractivity contribution in [2.24, 2.45) is 0 Å². The Kier molecular flexibility index (Phi) is 5.26. The first-order chi connectivity index (χ1) is 7.19. The van der Waals surface area contributed by atoms with Crippen molar-refractivity contribution in [1.82, 2.24) is 10.3 Å². The summed E-state index contributed by atoms with van der Waals surface area (Å²) in [5.74, 6) is 1.13. The van der Waals surface area contributed by atoms with E-state index in [0.717, 1.165) is 13.1 Å². The van der Waals surface area contributed by atoms with Gasteiger partial charge in [0.05, 0.1) is 10.7 Å². The third-order valence-electron chi connectivity index (χ3n) is 2.78. The second-order valence-corrected chi connectivity index (χ2v) is 5.02. The minimum atomic E-state index is 0.527. The van der Waals surface area contributed by atoms with Crippen LogP contribution >= 0.6 is 11.3 Å². The van der Waals surface area contributed by atoms with Crippen LogP contribution in [0.2, 0.25) is 0 Å². The zero-order valence-electron chi connectivity index (χ0n) is 10.2. The van der Waals surface area contributed by atoms with E-state index in [9.17, 15) is 0 Å². The number of thiazole rings is 1. The maximum atomic E-state index is 4.71. The first-order valence-electron chi connectivity index (χ1n) is 5.85. The summed E-state index contributed by atoms with van der Waals surface area (Å²) >= 11 is 1.81. The summed E-state index contributed by atoms with van der Waals surface area (Å²) in [6, 6.07) is 0. The van der Waals surface area contributed by atoms with E-state index in [1.807, 2.05) is 0 Å².